The number of methoxy groups -OCH3 is 1. The molecule has 0 aromatic heterocycles. The molecule has 0 radical (unpaired) electrons. The summed E-state index contributed by atoms with van der Waals surface area (Å²) in [5.41, 5.74) is 3.20. The van der Waals surface area contributed by atoms with Crippen LogP contribution in [0.3, 0.4) is 0 Å². The van der Waals surface area contributed by atoms with Crippen LogP contribution in [0.5, 0.6) is 0 Å². The molecule has 1 heterocycles. The van der Waals surface area contributed by atoms with Crippen LogP contribution in [-0.4, -0.2) is 49.6 Å². The molecule has 0 N–H and O–H groups in total. The van der Waals surface area contributed by atoms with Gasteiger partial charge >= 0.3 is 0 Å². The van der Waals surface area contributed by atoms with Crippen molar-refractivity contribution in [3.8, 4) is 0 Å². The number of hydrogen-bond donors (Lipinski definition) is 0. The van der Waals surface area contributed by atoms with E-state index in [1.807, 2.05) is 32.0 Å². The van der Waals surface area contributed by atoms with Crippen molar-refractivity contribution < 1.29 is 14.3 Å². The Morgan fingerprint density at radius 3 is 2.71 bits per heavy atom. The molecule has 2 amide bonds. The number of rotatable bonds is 3. The molecular formula is C16H22N2O3. The monoisotopic (exact) mass is 290 g/mol. The van der Waals surface area contributed by atoms with Gasteiger partial charge in [-0.2, -0.15) is 0 Å². The van der Waals surface area contributed by atoms with E-state index < -0.39 is 6.04 Å². The Balaban J connectivity index is 2.22. The van der Waals surface area contributed by atoms with Gasteiger partial charge in [0.05, 0.1) is 0 Å². The minimum Gasteiger partial charge on any atom is -0.375 e. The van der Waals surface area contributed by atoms with Gasteiger partial charge in [0.15, 0.2) is 0 Å². The number of benzene rings is 1. The lowest BCUT2D eigenvalue weighted by atomic mass is 10.0. The summed E-state index contributed by atoms with van der Waals surface area (Å²) in [6.45, 7) is 6.88. The zero-order chi connectivity index (χ0) is 15.6. The highest BCUT2D eigenvalue weighted by Crippen LogP contribution is 2.26. The molecule has 1 aromatic carbocycles. The van der Waals surface area contributed by atoms with E-state index in [4.69, 9.17) is 4.74 Å². The van der Waals surface area contributed by atoms with Gasteiger partial charge in [-0.05, 0) is 38.0 Å². The molecule has 21 heavy (non-hydrogen) atoms. The first-order chi connectivity index (χ1) is 9.97. The van der Waals surface area contributed by atoms with Crippen LogP contribution in [0.1, 0.15) is 18.1 Å². The van der Waals surface area contributed by atoms with Gasteiger partial charge in [0.25, 0.3) is 0 Å². The van der Waals surface area contributed by atoms with E-state index in [-0.39, 0.29) is 18.4 Å². The molecular weight excluding hydrogens is 268 g/mol. The normalized spacial score (nSPS) is 19.0. The Labute approximate surface area is 125 Å². The molecule has 0 spiro atoms. The van der Waals surface area contributed by atoms with Crippen molar-refractivity contribution >= 4 is 17.5 Å². The Bertz CT molecular complexity index is 556. The van der Waals surface area contributed by atoms with Crippen molar-refractivity contribution in [2.75, 3.05) is 31.7 Å². The minimum atomic E-state index is -0.457. The molecule has 5 heteroatoms. The molecule has 0 unspecified atom stereocenters. The number of amides is 2. The first-order valence-corrected chi connectivity index (χ1v) is 7.13. The van der Waals surface area contributed by atoms with Crippen molar-refractivity contribution in [3.05, 3.63) is 29.3 Å². The number of hydrogen-bond acceptors (Lipinski definition) is 3. The number of nitrogens with zero attached hydrogens (tertiary/aromatic N) is 2. The summed E-state index contributed by atoms with van der Waals surface area (Å²) >= 11 is 0. The van der Waals surface area contributed by atoms with Crippen LogP contribution in [0.25, 0.3) is 0 Å². The maximum Gasteiger partial charge on any atom is 0.249 e. The standard InChI is InChI=1S/C16H22N2O3/c1-11-6-5-7-14(12(11)2)18-9-8-17(13(3)16(18)20)15(19)10-21-4/h5-7,13H,8-10H2,1-4H3/t13-/m0/s1. The van der Waals surface area contributed by atoms with Crippen molar-refractivity contribution in [2.45, 2.75) is 26.8 Å². The van der Waals surface area contributed by atoms with Crippen LogP contribution < -0.4 is 4.90 Å². The highest BCUT2D eigenvalue weighted by Gasteiger charge is 2.35. The van der Waals surface area contributed by atoms with Gasteiger partial charge in [0, 0.05) is 25.9 Å². The van der Waals surface area contributed by atoms with Crippen LogP contribution >= 0.6 is 0 Å². The SMILES string of the molecule is COCC(=O)N1CCN(c2cccc(C)c2C)C(=O)[C@@H]1C. The average molecular weight is 290 g/mol. The van der Waals surface area contributed by atoms with Crippen molar-refractivity contribution in [3.63, 3.8) is 0 Å². The second kappa shape index (κ2) is 6.26. The number of aryl methyl sites for hydroxylation is 1. The number of anilines is 1. The van der Waals surface area contributed by atoms with Gasteiger partial charge in [-0.25, -0.2) is 0 Å². The molecule has 1 aliphatic rings. The molecule has 2 rings (SSSR count). The van der Waals surface area contributed by atoms with Gasteiger partial charge in [-0.1, -0.05) is 12.1 Å². The fraction of sp³-hybridized carbons (Fsp3) is 0.500. The largest absolute Gasteiger partial charge is 0.375 e. The first kappa shape index (κ1) is 15.5. The molecule has 0 aliphatic carbocycles. The minimum absolute atomic E-state index is 0.0150. The van der Waals surface area contributed by atoms with Crippen molar-refractivity contribution in [2.24, 2.45) is 0 Å². The summed E-state index contributed by atoms with van der Waals surface area (Å²) < 4.78 is 4.87. The molecule has 1 aliphatic heterocycles. The lowest BCUT2D eigenvalue weighted by Gasteiger charge is -2.39. The molecule has 0 saturated carbocycles. The van der Waals surface area contributed by atoms with Crippen LogP contribution in [0.2, 0.25) is 0 Å². The van der Waals surface area contributed by atoms with E-state index in [0.29, 0.717) is 13.1 Å². The summed E-state index contributed by atoms with van der Waals surface area (Å²) in [7, 11) is 1.48. The Morgan fingerprint density at radius 2 is 2.05 bits per heavy atom. The summed E-state index contributed by atoms with van der Waals surface area (Å²) in [6, 6.07) is 5.49. The average Bonchev–Trinajstić information content (AvgIpc) is 2.45. The van der Waals surface area contributed by atoms with E-state index >= 15 is 0 Å². The molecule has 5 nitrogen and oxygen atoms in total. The van der Waals surface area contributed by atoms with Gasteiger partial charge in [0.2, 0.25) is 11.8 Å². The third kappa shape index (κ3) is 2.93. The van der Waals surface area contributed by atoms with E-state index in [1.165, 1.54) is 7.11 Å². The quantitative estimate of drug-likeness (QED) is 0.848. The van der Waals surface area contributed by atoms with Gasteiger partial charge in [-0.3, -0.25) is 9.59 Å². The molecule has 1 saturated heterocycles. The van der Waals surface area contributed by atoms with Crippen molar-refractivity contribution in [1.29, 1.82) is 0 Å². The molecule has 0 bridgehead atoms. The Morgan fingerprint density at radius 1 is 1.33 bits per heavy atom. The van der Waals surface area contributed by atoms with Crippen LogP contribution in [0.15, 0.2) is 18.2 Å². The van der Waals surface area contributed by atoms with E-state index in [2.05, 4.69) is 0 Å². The summed E-state index contributed by atoms with van der Waals surface area (Å²) in [6.07, 6.45) is 0. The lowest BCUT2D eigenvalue weighted by Crippen LogP contribution is -2.58. The van der Waals surface area contributed by atoms with Crippen LogP contribution in [0.4, 0.5) is 5.69 Å². The smallest absolute Gasteiger partial charge is 0.249 e. The fourth-order valence-electron chi connectivity index (χ4n) is 2.68. The predicted octanol–water partition coefficient (Wildman–Crippen LogP) is 1.51. The third-order valence-electron chi connectivity index (χ3n) is 4.11. The lowest BCUT2D eigenvalue weighted by molar-refractivity contribution is -0.143. The zero-order valence-corrected chi connectivity index (χ0v) is 13.0. The maximum atomic E-state index is 12.6. The predicted molar refractivity (Wildman–Crippen MR) is 81.3 cm³/mol. The number of piperazine rings is 1. The second-order valence-electron chi connectivity index (χ2n) is 5.41. The fourth-order valence-corrected chi connectivity index (χ4v) is 2.68. The van der Waals surface area contributed by atoms with E-state index in [0.717, 1.165) is 16.8 Å². The number of carbonyl (C=O) groups excluding carboxylic acids is 2. The van der Waals surface area contributed by atoms with Gasteiger partial charge in [0.1, 0.15) is 12.6 Å². The Kier molecular flexibility index (Phi) is 4.63. The van der Waals surface area contributed by atoms with Gasteiger partial charge in [-0.15, -0.1) is 0 Å². The van der Waals surface area contributed by atoms with Crippen LogP contribution in [-0.2, 0) is 14.3 Å². The second-order valence-corrected chi connectivity index (χ2v) is 5.41. The molecule has 1 aromatic rings. The molecule has 1 fully saturated rings. The van der Waals surface area contributed by atoms with Crippen LogP contribution in [0, 0.1) is 13.8 Å². The summed E-state index contributed by atoms with van der Waals surface area (Å²) in [5, 5.41) is 0. The first-order valence-electron chi connectivity index (χ1n) is 7.13. The topological polar surface area (TPSA) is 49.9 Å². The maximum absolute atomic E-state index is 12.6. The number of carbonyl (C=O) groups is 2. The molecule has 114 valence electrons. The highest BCUT2D eigenvalue weighted by atomic mass is 16.5. The summed E-state index contributed by atoms with van der Waals surface area (Å²) in [4.78, 5) is 27.9. The Hall–Kier alpha value is -1.88. The van der Waals surface area contributed by atoms with E-state index in [9.17, 15) is 9.59 Å². The zero-order valence-electron chi connectivity index (χ0n) is 13.0. The number of ether oxygens (including phenoxy) is 1. The van der Waals surface area contributed by atoms with Gasteiger partial charge < -0.3 is 14.5 Å². The highest BCUT2D eigenvalue weighted by molar-refractivity contribution is 6.00. The summed E-state index contributed by atoms with van der Waals surface area (Å²) in [5.74, 6) is -0.182. The van der Waals surface area contributed by atoms with Crippen molar-refractivity contribution in [1.82, 2.24) is 4.90 Å². The third-order valence-corrected chi connectivity index (χ3v) is 4.11. The molecule has 1 atom stereocenters. The van der Waals surface area contributed by atoms with E-state index in [1.54, 1.807) is 16.7 Å².